The Balaban J connectivity index is 1.33. The van der Waals surface area contributed by atoms with Crippen molar-refractivity contribution in [1.82, 2.24) is 25.3 Å². The van der Waals surface area contributed by atoms with E-state index < -0.39 is 6.29 Å². The second-order valence-electron chi connectivity index (χ2n) is 10.0. The summed E-state index contributed by atoms with van der Waals surface area (Å²) in [7, 11) is 1.63. The number of benzene rings is 2. The van der Waals surface area contributed by atoms with E-state index in [1.54, 1.807) is 31.5 Å². The first-order valence-electron chi connectivity index (χ1n) is 13.5. The molecule has 0 saturated carbocycles. The number of amides is 1. The summed E-state index contributed by atoms with van der Waals surface area (Å²) in [5, 5.41) is 6.14. The molecule has 5 rings (SSSR count). The van der Waals surface area contributed by atoms with Crippen LogP contribution in [-0.4, -0.2) is 58.5 Å². The number of H-pyrrole nitrogens is 1. The lowest BCUT2D eigenvalue weighted by molar-refractivity contribution is -0.201. The van der Waals surface area contributed by atoms with Crippen LogP contribution in [0.3, 0.4) is 0 Å². The zero-order chi connectivity index (χ0) is 28.8. The van der Waals surface area contributed by atoms with E-state index in [2.05, 4.69) is 20.6 Å². The van der Waals surface area contributed by atoms with Gasteiger partial charge in [-0.05, 0) is 61.9 Å². The summed E-state index contributed by atoms with van der Waals surface area (Å²) in [6.45, 7) is 4.87. The van der Waals surface area contributed by atoms with Crippen LogP contribution in [0.15, 0.2) is 60.8 Å². The number of hydrogen-bond acceptors (Lipinski definition) is 8. The summed E-state index contributed by atoms with van der Waals surface area (Å²) in [6, 6.07) is 15.7. The number of hydrogen-bond donors (Lipinski definition) is 3. The maximum Gasteiger partial charge on any atom is 0.227 e. The third-order valence-corrected chi connectivity index (χ3v) is 6.52. The van der Waals surface area contributed by atoms with Gasteiger partial charge in [0.25, 0.3) is 0 Å². The Kier molecular flexibility index (Phi) is 8.85. The molecule has 10 nitrogen and oxygen atoms in total. The number of carbonyl (C=O) groups excluding carboxylic acids is 1. The van der Waals surface area contributed by atoms with Crippen LogP contribution in [0.2, 0.25) is 0 Å². The predicted molar refractivity (Wildman–Crippen MR) is 151 cm³/mol. The Bertz CT molecular complexity index is 1450. The number of rotatable bonds is 10. The summed E-state index contributed by atoms with van der Waals surface area (Å²) in [5.41, 5.74) is 3.67. The maximum atomic E-state index is 13.7. The number of aromatic nitrogens is 4. The average molecular weight is 561 g/mol. The zero-order valence-electron chi connectivity index (χ0n) is 23.2. The van der Waals surface area contributed by atoms with Gasteiger partial charge in [-0.1, -0.05) is 12.1 Å². The van der Waals surface area contributed by atoms with Gasteiger partial charge in [0.15, 0.2) is 6.29 Å². The van der Waals surface area contributed by atoms with E-state index in [0.29, 0.717) is 41.8 Å². The van der Waals surface area contributed by atoms with Crippen LogP contribution in [0.25, 0.3) is 22.6 Å². The van der Waals surface area contributed by atoms with E-state index >= 15 is 0 Å². The van der Waals surface area contributed by atoms with Crippen LogP contribution in [-0.2, 0) is 27.2 Å². The van der Waals surface area contributed by atoms with Crippen LogP contribution in [0, 0.1) is 11.7 Å². The first kappa shape index (κ1) is 28.2. The van der Waals surface area contributed by atoms with Crippen LogP contribution < -0.4 is 15.4 Å². The molecular formula is C30H33FN6O4. The van der Waals surface area contributed by atoms with Crippen molar-refractivity contribution < 1.29 is 23.4 Å². The number of carbonyl (C=O) groups is 1. The molecule has 1 saturated heterocycles. The molecule has 1 aliphatic rings. The average Bonchev–Trinajstić information content (AvgIpc) is 3.40. The molecule has 2 aromatic carbocycles. The van der Waals surface area contributed by atoms with E-state index in [1.807, 2.05) is 38.1 Å². The first-order valence-corrected chi connectivity index (χ1v) is 13.5. The number of imidazole rings is 1. The maximum absolute atomic E-state index is 13.7. The molecule has 0 bridgehead atoms. The lowest BCUT2D eigenvalue weighted by atomic mass is 10.1. The van der Waals surface area contributed by atoms with Crippen molar-refractivity contribution in [2.45, 2.75) is 39.1 Å². The van der Waals surface area contributed by atoms with Gasteiger partial charge >= 0.3 is 0 Å². The Morgan fingerprint density at radius 3 is 2.49 bits per heavy atom. The molecule has 0 aliphatic carbocycles. The monoisotopic (exact) mass is 560 g/mol. The SMILES string of the molecule is COc1ccc(CNc2nccc(-c3[nH]c(CC4OCC(C(=O)NC(C)C)CO4)nc3-c3ccc(F)cc3)n2)cc1. The molecule has 1 aliphatic heterocycles. The van der Waals surface area contributed by atoms with Gasteiger partial charge in [-0.3, -0.25) is 4.79 Å². The number of halogens is 1. The minimum Gasteiger partial charge on any atom is -0.497 e. The van der Waals surface area contributed by atoms with Crippen molar-refractivity contribution in [3.05, 3.63) is 78.0 Å². The first-order chi connectivity index (χ1) is 19.9. The van der Waals surface area contributed by atoms with Crippen molar-refractivity contribution in [2.75, 3.05) is 25.6 Å². The van der Waals surface area contributed by atoms with Crippen molar-refractivity contribution in [2.24, 2.45) is 5.92 Å². The van der Waals surface area contributed by atoms with Gasteiger partial charge in [0.05, 0.1) is 49.7 Å². The minimum absolute atomic E-state index is 0.0478. The molecule has 3 heterocycles. The fourth-order valence-corrected chi connectivity index (χ4v) is 4.40. The molecule has 4 aromatic rings. The van der Waals surface area contributed by atoms with Gasteiger partial charge in [0.2, 0.25) is 11.9 Å². The largest absolute Gasteiger partial charge is 0.497 e. The second kappa shape index (κ2) is 12.9. The van der Waals surface area contributed by atoms with Gasteiger partial charge in [-0.25, -0.2) is 19.3 Å². The summed E-state index contributed by atoms with van der Waals surface area (Å²) >= 11 is 0. The third-order valence-electron chi connectivity index (χ3n) is 6.52. The highest BCUT2D eigenvalue weighted by molar-refractivity contribution is 5.79. The fraction of sp³-hybridized carbons (Fsp3) is 0.333. The van der Waals surface area contributed by atoms with Gasteiger partial charge in [0, 0.05) is 24.3 Å². The van der Waals surface area contributed by atoms with Gasteiger partial charge in [0.1, 0.15) is 17.4 Å². The molecule has 0 spiro atoms. The van der Waals surface area contributed by atoms with Gasteiger partial charge in [-0.2, -0.15) is 0 Å². The molecule has 0 unspecified atom stereocenters. The van der Waals surface area contributed by atoms with Crippen molar-refractivity contribution in [1.29, 1.82) is 0 Å². The number of anilines is 1. The fourth-order valence-electron chi connectivity index (χ4n) is 4.40. The minimum atomic E-state index is -0.565. The quantitative estimate of drug-likeness (QED) is 0.262. The second-order valence-corrected chi connectivity index (χ2v) is 10.0. The molecule has 41 heavy (non-hydrogen) atoms. The molecule has 1 amide bonds. The van der Waals surface area contributed by atoms with Crippen molar-refractivity contribution in [3.8, 4) is 28.4 Å². The normalized spacial score (nSPS) is 16.9. The van der Waals surface area contributed by atoms with Crippen LogP contribution >= 0.6 is 0 Å². The molecule has 3 N–H and O–H groups in total. The van der Waals surface area contributed by atoms with Crippen LogP contribution in [0.5, 0.6) is 5.75 Å². The molecule has 0 atom stereocenters. The highest BCUT2D eigenvalue weighted by atomic mass is 19.1. The predicted octanol–water partition coefficient (Wildman–Crippen LogP) is 4.35. The van der Waals surface area contributed by atoms with Crippen LogP contribution in [0.4, 0.5) is 10.3 Å². The molecule has 214 valence electrons. The van der Waals surface area contributed by atoms with E-state index in [9.17, 15) is 9.18 Å². The molecule has 2 aromatic heterocycles. The summed E-state index contributed by atoms with van der Waals surface area (Å²) in [4.78, 5) is 29.5. The van der Waals surface area contributed by atoms with Crippen molar-refractivity contribution in [3.63, 3.8) is 0 Å². The van der Waals surface area contributed by atoms with Crippen molar-refractivity contribution >= 4 is 11.9 Å². The molecule has 0 radical (unpaired) electrons. The molecular weight excluding hydrogens is 527 g/mol. The summed E-state index contributed by atoms with van der Waals surface area (Å²) < 4.78 is 30.6. The smallest absolute Gasteiger partial charge is 0.227 e. The number of aromatic amines is 1. The van der Waals surface area contributed by atoms with E-state index in [4.69, 9.17) is 24.2 Å². The highest BCUT2D eigenvalue weighted by Gasteiger charge is 2.29. The van der Waals surface area contributed by atoms with E-state index in [-0.39, 0.29) is 36.9 Å². The van der Waals surface area contributed by atoms with E-state index in [0.717, 1.165) is 16.9 Å². The third kappa shape index (κ3) is 7.24. The van der Waals surface area contributed by atoms with Gasteiger partial charge < -0.3 is 29.8 Å². The summed E-state index contributed by atoms with van der Waals surface area (Å²) in [5.74, 6) is 1.07. The lowest BCUT2D eigenvalue weighted by Gasteiger charge is -2.28. The number of nitrogens with one attached hydrogen (secondary N) is 3. The Morgan fingerprint density at radius 2 is 1.80 bits per heavy atom. The molecule has 1 fully saturated rings. The standard InChI is InChI=1S/C30H33FN6O4/c1-18(2)34-29(38)21-16-40-26(41-17-21)14-25-36-27(20-6-8-22(31)9-7-20)28(37-25)24-12-13-32-30(35-24)33-15-19-4-10-23(39-3)11-5-19/h4-13,18,21,26H,14-17H2,1-3H3,(H,34,38)(H,36,37)(H,32,33,35). The Labute approximate surface area is 237 Å². The van der Waals surface area contributed by atoms with Gasteiger partial charge in [-0.15, -0.1) is 0 Å². The van der Waals surface area contributed by atoms with E-state index in [1.165, 1.54) is 12.1 Å². The molecule has 11 heteroatoms. The number of methoxy groups -OCH3 is 1. The zero-order valence-corrected chi connectivity index (χ0v) is 23.2. The number of nitrogens with zero attached hydrogens (tertiary/aromatic N) is 3. The number of ether oxygens (including phenoxy) is 3. The Hall–Kier alpha value is -4.35. The highest BCUT2D eigenvalue weighted by Crippen LogP contribution is 2.30. The lowest BCUT2D eigenvalue weighted by Crippen LogP contribution is -2.44. The Morgan fingerprint density at radius 1 is 1.07 bits per heavy atom. The topological polar surface area (TPSA) is 123 Å². The van der Waals surface area contributed by atoms with Crippen LogP contribution in [0.1, 0.15) is 25.2 Å². The summed E-state index contributed by atoms with van der Waals surface area (Å²) in [6.07, 6.45) is 1.44.